The summed E-state index contributed by atoms with van der Waals surface area (Å²) >= 11 is 0. The zero-order valence-electron chi connectivity index (χ0n) is 17.9. The number of carbonyl (C=O) groups is 4. The summed E-state index contributed by atoms with van der Waals surface area (Å²) in [5, 5.41) is 13.4. The summed E-state index contributed by atoms with van der Waals surface area (Å²) in [5.74, 6) is -5.08. The maximum absolute atomic E-state index is 13.5. The number of carboxylic acid groups (broad SMARTS) is 1. The third-order valence-electron chi connectivity index (χ3n) is 6.56. The van der Waals surface area contributed by atoms with Gasteiger partial charge in [0.05, 0.1) is 30.2 Å². The molecule has 2 saturated heterocycles. The number of imide groups is 1. The van der Waals surface area contributed by atoms with Crippen molar-refractivity contribution in [1.29, 1.82) is 0 Å². The first kappa shape index (κ1) is 21.7. The minimum absolute atomic E-state index is 0.332. The number of para-hydroxylation sites is 1. The molecule has 4 rings (SSSR count). The van der Waals surface area contributed by atoms with E-state index in [-0.39, 0.29) is 0 Å². The van der Waals surface area contributed by atoms with Gasteiger partial charge in [-0.25, -0.2) is 9.69 Å². The third kappa shape index (κ3) is 3.02. The molecule has 8 nitrogen and oxygen atoms in total. The van der Waals surface area contributed by atoms with Gasteiger partial charge in [0.1, 0.15) is 5.54 Å². The van der Waals surface area contributed by atoms with Crippen LogP contribution in [0.15, 0.2) is 54.6 Å². The summed E-state index contributed by atoms with van der Waals surface area (Å²) in [4.78, 5) is 52.5. The quantitative estimate of drug-likeness (QED) is 0.547. The number of carbonyl (C=O) groups excluding carboxylic acids is 3. The number of ether oxygens (including phenoxy) is 1. The Hall–Kier alpha value is -3.52. The van der Waals surface area contributed by atoms with Gasteiger partial charge in [-0.2, -0.15) is 0 Å². The van der Waals surface area contributed by atoms with Crippen molar-refractivity contribution in [2.75, 3.05) is 12.0 Å². The van der Waals surface area contributed by atoms with Crippen molar-refractivity contribution in [3.8, 4) is 0 Å². The molecule has 0 bridgehead atoms. The van der Waals surface area contributed by atoms with Crippen molar-refractivity contribution in [1.82, 2.24) is 5.32 Å². The highest BCUT2D eigenvalue weighted by Crippen LogP contribution is 2.52. The molecule has 32 heavy (non-hydrogen) atoms. The van der Waals surface area contributed by atoms with Crippen LogP contribution in [-0.2, 0) is 19.1 Å². The van der Waals surface area contributed by atoms with E-state index in [0.717, 1.165) is 4.90 Å². The van der Waals surface area contributed by atoms with Crippen LogP contribution in [0.1, 0.15) is 35.8 Å². The van der Waals surface area contributed by atoms with E-state index >= 15 is 0 Å². The maximum atomic E-state index is 13.5. The fourth-order valence-electron chi connectivity index (χ4n) is 4.98. The summed E-state index contributed by atoms with van der Waals surface area (Å²) in [7, 11) is 1.28. The normalized spacial score (nSPS) is 27.0. The van der Waals surface area contributed by atoms with E-state index in [4.69, 9.17) is 4.74 Å². The van der Waals surface area contributed by atoms with Crippen molar-refractivity contribution in [3.63, 3.8) is 0 Å². The number of anilines is 1. The Balaban J connectivity index is 1.83. The number of esters is 1. The lowest BCUT2D eigenvalue weighted by Gasteiger charge is -2.34. The van der Waals surface area contributed by atoms with Gasteiger partial charge in [0.15, 0.2) is 0 Å². The molecule has 2 N–H and O–H groups in total. The van der Waals surface area contributed by atoms with E-state index < -0.39 is 53.1 Å². The number of benzene rings is 2. The van der Waals surface area contributed by atoms with Gasteiger partial charge in [0.2, 0.25) is 11.8 Å². The molecular weight excluding hydrogens is 412 g/mol. The molecule has 0 aromatic heterocycles. The molecule has 0 aliphatic carbocycles. The molecule has 4 unspecified atom stereocenters. The van der Waals surface area contributed by atoms with Crippen molar-refractivity contribution >= 4 is 29.4 Å². The van der Waals surface area contributed by atoms with Crippen molar-refractivity contribution in [2.24, 2.45) is 17.8 Å². The van der Waals surface area contributed by atoms with Crippen molar-refractivity contribution in [3.05, 3.63) is 65.7 Å². The largest absolute Gasteiger partial charge is 0.480 e. The topological polar surface area (TPSA) is 113 Å². The summed E-state index contributed by atoms with van der Waals surface area (Å²) < 4.78 is 4.72. The van der Waals surface area contributed by atoms with Gasteiger partial charge in [-0.05, 0) is 35.7 Å². The second-order valence-electron chi connectivity index (χ2n) is 8.42. The second kappa shape index (κ2) is 7.87. The monoisotopic (exact) mass is 436 g/mol. The van der Waals surface area contributed by atoms with Crippen LogP contribution in [0.3, 0.4) is 0 Å². The first-order valence-corrected chi connectivity index (χ1v) is 10.4. The lowest BCUT2D eigenvalue weighted by atomic mass is 9.73. The zero-order chi connectivity index (χ0) is 23.2. The Morgan fingerprint density at radius 2 is 1.66 bits per heavy atom. The predicted molar refractivity (Wildman–Crippen MR) is 115 cm³/mol. The van der Waals surface area contributed by atoms with E-state index in [1.807, 2.05) is 0 Å². The van der Waals surface area contributed by atoms with Crippen LogP contribution in [0.2, 0.25) is 0 Å². The number of hydrogen-bond donors (Lipinski definition) is 2. The fraction of sp³-hybridized carbons (Fsp3) is 0.333. The van der Waals surface area contributed by atoms with Gasteiger partial charge >= 0.3 is 11.9 Å². The van der Waals surface area contributed by atoms with Crippen LogP contribution in [0.4, 0.5) is 5.69 Å². The summed E-state index contributed by atoms with van der Waals surface area (Å²) in [6.45, 7) is 3.45. The maximum Gasteiger partial charge on any atom is 0.337 e. The molecule has 0 radical (unpaired) electrons. The summed E-state index contributed by atoms with van der Waals surface area (Å²) in [6, 6.07) is 14.2. The zero-order valence-corrected chi connectivity index (χ0v) is 17.9. The van der Waals surface area contributed by atoms with Crippen LogP contribution < -0.4 is 10.2 Å². The number of aliphatic carboxylic acids is 1. The fourth-order valence-corrected chi connectivity index (χ4v) is 4.98. The highest BCUT2D eigenvalue weighted by Gasteiger charge is 2.69. The van der Waals surface area contributed by atoms with Crippen LogP contribution in [0.25, 0.3) is 0 Å². The van der Waals surface area contributed by atoms with Gasteiger partial charge in [0.25, 0.3) is 0 Å². The summed E-state index contributed by atoms with van der Waals surface area (Å²) in [6.07, 6.45) is 0. The highest BCUT2D eigenvalue weighted by molar-refractivity contribution is 6.24. The average molecular weight is 436 g/mol. The SMILES string of the molecule is COC(=O)c1ccc(C2NC(C(=O)O)(C(C)C)C3C(=O)N(c4ccccc4)C(=O)C23)cc1. The second-order valence-corrected chi connectivity index (χ2v) is 8.42. The van der Waals surface area contributed by atoms with Crippen LogP contribution >= 0.6 is 0 Å². The molecule has 2 aromatic rings. The lowest BCUT2D eigenvalue weighted by Crippen LogP contribution is -2.59. The summed E-state index contributed by atoms with van der Waals surface area (Å²) in [5.41, 5.74) is -0.252. The van der Waals surface area contributed by atoms with Crippen LogP contribution in [0.5, 0.6) is 0 Å². The van der Waals surface area contributed by atoms with Crippen LogP contribution in [0, 0.1) is 17.8 Å². The van der Waals surface area contributed by atoms with Gasteiger partial charge in [-0.1, -0.05) is 44.2 Å². The van der Waals surface area contributed by atoms with Crippen molar-refractivity contribution in [2.45, 2.75) is 25.4 Å². The van der Waals surface area contributed by atoms with E-state index in [9.17, 15) is 24.3 Å². The van der Waals surface area contributed by atoms with E-state index in [1.54, 1.807) is 68.4 Å². The number of hydrogen-bond acceptors (Lipinski definition) is 6. The molecule has 4 atom stereocenters. The minimum Gasteiger partial charge on any atom is -0.480 e. The van der Waals surface area contributed by atoms with E-state index in [1.165, 1.54) is 7.11 Å². The first-order valence-electron chi connectivity index (χ1n) is 10.4. The van der Waals surface area contributed by atoms with Crippen LogP contribution in [-0.4, -0.2) is 41.5 Å². The molecular formula is C24H24N2O6. The predicted octanol–water partition coefficient (Wildman–Crippen LogP) is 2.40. The Kier molecular flexibility index (Phi) is 5.34. The molecule has 2 aliphatic heterocycles. The minimum atomic E-state index is -1.62. The molecule has 2 aromatic carbocycles. The Morgan fingerprint density at radius 3 is 2.19 bits per heavy atom. The van der Waals surface area contributed by atoms with E-state index in [2.05, 4.69) is 5.32 Å². The Morgan fingerprint density at radius 1 is 1.03 bits per heavy atom. The number of fused-ring (bicyclic) bond motifs is 1. The molecule has 2 heterocycles. The van der Waals surface area contributed by atoms with Gasteiger partial charge in [0, 0.05) is 6.04 Å². The molecule has 0 spiro atoms. The van der Waals surface area contributed by atoms with Gasteiger partial charge < -0.3 is 9.84 Å². The molecule has 166 valence electrons. The van der Waals surface area contributed by atoms with Gasteiger partial charge in [-0.3, -0.25) is 19.7 Å². The first-order chi connectivity index (χ1) is 15.2. The number of methoxy groups -OCH3 is 1. The van der Waals surface area contributed by atoms with Gasteiger partial charge in [-0.15, -0.1) is 0 Å². The molecule has 8 heteroatoms. The number of nitrogens with one attached hydrogen (secondary N) is 1. The number of rotatable bonds is 5. The third-order valence-corrected chi connectivity index (χ3v) is 6.56. The average Bonchev–Trinajstić information content (AvgIpc) is 3.28. The molecule has 2 aliphatic rings. The Labute approximate surface area is 185 Å². The smallest absolute Gasteiger partial charge is 0.337 e. The molecule has 2 fully saturated rings. The van der Waals surface area contributed by atoms with Crippen molar-refractivity contribution < 1.29 is 29.0 Å². The standard InChI is InChI=1S/C24H24N2O6/c1-13(2)24(23(30)31)18-17(20(27)26(21(18)28)16-7-5-4-6-8-16)19(25-24)14-9-11-15(12-10-14)22(29)32-3/h4-13,17-19,25H,1-3H3,(H,30,31). The molecule has 2 amide bonds. The number of nitrogens with zero attached hydrogens (tertiary/aromatic N) is 1. The Bertz CT molecular complexity index is 1080. The number of amides is 2. The van der Waals surface area contributed by atoms with E-state index in [0.29, 0.717) is 16.8 Å². The lowest BCUT2D eigenvalue weighted by molar-refractivity contribution is -0.151. The highest BCUT2D eigenvalue weighted by atomic mass is 16.5. The number of carboxylic acids is 1. The molecule has 0 saturated carbocycles.